The Kier molecular flexibility index (Phi) is 4.54. The number of benzene rings is 1. The van der Waals surface area contributed by atoms with E-state index in [9.17, 15) is 14.5 Å². The van der Waals surface area contributed by atoms with Gasteiger partial charge in [0.25, 0.3) is 5.69 Å². The number of pyridine rings is 1. The fourth-order valence-electron chi connectivity index (χ4n) is 1.69. The second kappa shape index (κ2) is 6.36. The third-order valence-corrected chi connectivity index (χ3v) is 2.90. The molecule has 6 nitrogen and oxygen atoms in total. The SMILES string of the molecule is CCNc1cc([N+](=O)[O-])cc(Nc2cc(F)ccc2Cl)n1. The highest BCUT2D eigenvalue weighted by molar-refractivity contribution is 6.33. The Balaban J connectivity index is 2.38. The lowest BCUT2D eigenvalue weighted by molar-refractivity contribution is -0.384. The van der Waals surface area contributed by atoms with Crippen LogP contribution in [0.3, 0.4) is 0 Å². The van der Waals surface area contributed by atoms with Crippen LogP contribution in [0.2, 0.25) is 5.02 Å². The van der Waals surface area contributed by atoms with E-state index in [1.165, 1.54) is 30.3 Å². The van der Waals surface area contributed by atoms with Crippen molar-refractivity contribution in [2.24, 2.45) is 0 Å². The molecule has 21 heavy (non-hydrogen) atoms. The maximum absolute atomic E-state index is 13.2. The Hall–Kier alpha value is -2.41. The Bertz CT molecular complexity index is 681. The van der Waals surface area contributed by atoms with Crippen molar-refractivity contribution in [3.63, 3.8) is 0 Å². The van der Waals surface area contributed by atoms with Gasteiger partial charge in [-0.1, -0.05) is 11.6 Å². The minimum Gasteiger partial charge on any atom is -0.370 e. The Morgan fingerprint density at radius 2 is 2.05 bits per heavy atom. The van der Waals surface area contributed by atoms with Crippen LogP contribution in [0.5, 0.6) is 0 Å². The number of hydrogen-bond acceptors (Lipinski definition) is 5. The summed E-state index contributed by atoms with van der Waals surface area (Å²) in [4.78, 5) is 14.6. The first kappa shape index (κ1) is 15.0. The average molecular weight is 311 g/mol. The molecule has 0 amide bonds. The molecule has 0 unspecified atom stereocenters. The Labute approximate surface area is 125 Å². The van der Waals surface area contributed by atoms with E-state index in [0.717, 1.165) is 0 Å². The molecule has 0 fully saturated rings. The molecule has 0 radical (unpaired) electrons. The van der Waals surface area contributed by atoms with Crippen LogP contribution >= 0.6 is 11.6 Å². The van der Waals surface area contributed by atoms with Crippen molar-refractivity contribution >= 4 is 34.6 Å². The molecule has 0 spiro atoms. The molecule has 2 aromatic rings. The summed E-state index contributed by atoms with van der Waals surface area (Å²) >= 11 is 5.94. The summed E-state index contributed by atoms with van der Waals surface area (Å²) in [6, 6.07) is 6.37. The third kappa shape index (κ3) is 3.79. The first-order valence-electron chi connectivity index (χ1n) is 6.12. The van der Waals surface area contributed by atoms with Crippen molar-refractivity contribution in [1.82, 2.24) is 4.98 Å². The van der Waals surface area contributed by atoms with Gasteiger partial charge in [0.15, 0.2) is 0 Å². The number of rotatable bonds is 5. The Morgan fingerprint density at radius 3 is 2.71 bits per heavy atom. The van der Waals surface area contributed by atoms with E-state index < -0.39 is 10.7 Å². The first-order valence-corrected chi connectivity index (χ1v) is 6.50. The van der Waals surface area contributed by atoms with Crippen molar-refractivity contribution in [1.29, 1.82) is 0 Å². The number of anilines is 3. The van der Waals surface area contributed by atoms with E-state index >= 15 is 0 Å². The number of nitro groups is 1. The van der Waals surface area contributed by atoms with E-state index in [1.54, 1.807) is 0 Å². The fourth-order valence-corrected chi connectivity index (χ4v) is 1.85. The van der Waals surface area contributed by atoms with Crippen LogP contribution in [0.4, 0.5) is 27.4 Å². The summed E-state index contributed by atoms with van der Waals surface area (Å²) in [5.41, 5.74) is 0.156. The standard InChI is InChI=1S/C13H12ClFN4O2/c1-2-16-12-6-9(19(20)21)7-13(18-12)17-11-5-8(15)3-4-10(11)14/h3-7H,2H2,1H3,(H2,16,17,18). The first-order chi connectivity index (χ1) is 9.99. The van der Waals surface area contributed by atoms with E-state index in [1.807, 2.05) is 6.92 Å². The summed E-state index contributed by atoms with van der Waals surface area (Å²) in [6.45, 7) is 2.41. The van der Waals surface area contributed by atoms with Crippen molar-refractivity contribution < 1.29 is 9.31 Å². The zero-order chi connectivity index (χ0) is 15.4. The fraction of sp³-hybridized carbons (Fsp3) is 0.154. The number of nitrogens with one attached hydrogen (secondary N) is 2. The van der Waals surface area contributed by atoms with Crippen molar-refractivity contribution in [2.45, 2.75) is 6.92 Å². The molecule has 2 rings (SSSR count). The highest BCUT2D eigenvalue weighted by Gasteiger charge is 2.12. The summed E-state index contributed by atoms with van der Waals surface area (Å²) in [5.74, 6) is 0.0774. The molecule has 0 saturated carbocycles. The van der Waals surface area contributed by atoms with Gasteiger partial charge in [0, 0.05) is 6.54 Å². The van der Waals surface area contributed by atoms with Gasteiger partial charge in [0.1, 0.15) is 17.5 Å². The molecule has 0 atom stereocenters. The van der Waals surface area contributed by atoms with Gasteiger partial charge in [-0.15, -0.1) is 0 Å². The summed E-state index contributed by atoms with van der Waals surface area (Å²) in [7, 11) is 0. The normalized spacial score (nSPS) is 10.2. The minimum atomic E-state index is -0.527. The van der Waals surface area contributed by atoms with Gasteiger partial charge in [0.2, 0.25) is 0 Å². The summed E-state index contributed by atoms with van der Waals surface area (Å²) in [5, 5.41) is 16.9. The topological polar surface area (TPSA) is 80.1 Å². The predicted octanol–water partition coefficient (Wildman–Crippen LogP) is 3.96. The lowest BCUT2D eigenvalue weighted by Gasteiger charge is -2.10. The number of nitrogens with zero attached hydrogens (tertiary/aromatic N) is 2. The zero-order valence-electron chi connectivity index (χ0n) is 11.1. The van der Waals surface area contributed by atoms with Crippen LogP contribution in [0.1, 0.15) is 6.92 Å². The second-order valence-corrected chi connectivity index (χ2v) is 4.54. The highest BCUT2D eigenvalue weighted by Crippen LogP contribution is 2.28. The largest absolute Gasteiger partial charge is 0.370 e. The molecular formula is C13H12ClFN4O2. The average Bonchev–Trinajstić information content (AvgIpc) is 2.43. The molecule has 1 heterocycles. The number of halogens is 2. The zero-order valence-corrected chi connectivity index (χ0v) is 11.8. The molecule has 8 heteroatoms. The van der Waals surface area contributed by atoms with Gasteiger partial charge in [-0.2, -0.15) is 0 Å². The maximum Gasteiger partial charge on any atom is 0.276 e. The van der Waals surface area contributed by atoms with Gasteiger partial charge < -0.3 is 10.6 Å². The maximum atomic E-state index is 13.2. The molecule has 2 N–H and O–H groups in total. The second-order valence-electron chi connectivity index (χ2n) is 4.13. The van der Waals surface area contributed by atoms with Crippen LogP contribution < -0.4 is 10.6 Å². The van der Waals surface area contributed by atoms with Gasteiger partial charge in [0.05, 0.1) is 27.8 Å². The van der Waals surface area contributed by atoms with E-state index in [2.05, 4.69) is 15.6 Å². The smallest absolute Gasteiger partial charge is 0.276 e. The minimum absolute atomic E-state index is 0.129. The van der Waals surface area contributed by atoms with Crippen molar-refractivity contribution in [3.05, 3.63) is 51.3 Å². The van der Waals surface area contributed by atoms with Crippen LogP contribution in [0, 0.1) is 15.9 Å². The van der Waals surface area contributed by atoms with Crippen LogP contribution in [-0.4, -0.2) is 16.5 Å². The molecule has 0 aliphatic carbocycles. The third-order valence-electron chi connectivity index (χ3n) is 2.57. The van der Waals surface area contributed by atoms with Crippen LogP contribution in [0.25, 0.3) is 0 Å². The quantitative estimate of drug-likeness (QED) is 0.645. The molecule has 1 aromatic heterocycles. The molecule has 0 aliphatic rings. The molecule has 0 aliphatic heterocycles. The molecule has 110 valence electrons. The molecule has 0 bridgehead atoms. The van der Waals surface area contributed by atoms with Crippen LogP contribution in [0.15, 0.2) is 30.3 Å². The molecular weight excluding hydrogens is 299 g/mol. The number of hydrogen-bond donors (Lipinski definition) is 2. The predicted molar refractivity (Wildman–Crippen MR) is 79.7 cm³/mol. The summed E-state index contributed by atoms with van der Waals surface area (Å²) < 4.78 is 13.2. The van der Waals surface area contributed by atoms with Crippen LogP contribution in [-0.2, 0) is 0 Å². The Morgan fingerprint density at radius 1 is 1.33 bits per heavy atom. The van der Waals surface area contributed by atoms with Gasteiger partial charge >= 0.3 is 0 Å². The number of aromatic nitrogens is 1. The lowest BCUT2D eigenvalue weighted by atomic mass is 10.3. The highest BCUT2D eigenvalue weighted by atomic mass is 35.5. The van der Waals surface area contributed by atoms with E-state index in [-0.39, 0.29) is 22.2 Å². The lowest BCUT2D eigenvalue weighted by Crippen LogP contribution is -2.03. The molecule has 1 aromatic carbocycles. The summed E-state index contributed by atoms with van der Waals surface area (Å²) in [6.07, 6.45) is 0. The van der Waals surface area contributed by atoms with E-state index in [0.29, 0.717) is 12.4 Å². The van der Waals surface area contributed by atoms with Crippen molar-refractivity contribution in [2.75, 3.05) is 17.2 Å². The monoisotopic (exact) mass is 310 g/mol. The molecule has 0 saturated heterocycles. The van der Waals surface area contributed by atoms with Gasteiger partial charge in [-0.25, -0.2) is 9.37 Å². The van der Waals surface area contributed by atoms with E-state index in [4.69, 9.17) is 11.6 Å². The van der Waals surface area contributed by atoms with Gasteiger partial charge in [-0.3, -0.25) is 10.1 Å². The van der Waals surface area contributed by atoms with Gasteiger partial charge in [-0.05, 0) is 25.1 Å². The van der Waals surface area contributed by atoms with Crippen molar-refractivity contribution in [3.8, 4) is 0 Å².